The number of benzene rings is 2. The molecule has 0 fully saturated rings. The Morgan fingerprint density at radius 1 is 1.15 bits per heavy atom. The maximum atomic E-state index is 13.4. The topological polar surface area (TPSA) is 55.2 Å². The molecule has 0 spiro atoms. The Bertz CT molecular complexity index is 629. The third kappa shape index (κ3) is 3.61. The van der Waals surface area contributed by atoms with E-state index in [4.69, 9.17) is 0 Å². The zero-order valence-electron chi connectivity index (χ0n) is 11.1. The van der Waals surface area contributed by atoms with E-state index >= 15 is 0 Å². The highest BCUT2D eigenvalue weighted by Gasteiger charge is 2.13. The average Bonchev–Trinajstić information content (AvgIpc) is 2.38. The summed E-state index contributed by atoms with van der Waals surface area (Å²) in [4.78, 5) is 9.79. The van der Waals surface area contributed by atoms with Gasteiger partial charge < -0.3 is 5.32 Å². The number of hydrogen-bond acceptors (Lipinski definition) is 3. The maximum absolute atomic E-state index is 13.4. The lowest BCUT2D eigenvalue weighted by Gasteiger charge is -2.06. The summed E-state index contributed by atoms with van der Waals surface area (Å²) in [6.07, 6.45) is 0. The van der Waals surface area contributed by atoms with Crippen LogP contribution in [0.15, 0.2) is 42.5 Å². The molecule has 2 rings (SSSR count). The van der Waals surface area contributed by atoms with Gasteiger partial charge in [-0.1, -0.05) is 35.9 Å². The average molecular weight is 274 g/mol. The highest BCUT2D eigenvalue weighted by Crippen LogP contribution is 2.17. The Balaban J connectivity index is 1.94. The van der Waals surface area contributed by atoms with Crippen molar-refractivity contribution in [2.45, 2.75) is 20.0 Å². The third-order valence-corrected chi connectivity index (χ3v) is 2.95. The summed E-state index contributed by atoms with van der Waals surface area (Å²) in [5.41, 5.74) is 2.52. The Morgan fingerprint density at radius 2 is 1.85 bits per heavy atom. The molecule has 0 aliphatic heterocycles. The number of nitro groups is 1. The van der Waals surface area contributed by atoms with Crippen LogP contribution in [0.5, 0.6) is 0 Å². The SMILES string of the molecule is Cc1cccc(CNCc2ccc([N+](=O)[O-])c(F)c2)c1. The van der Waals surface area contributed by atoms with Crippen molar-refractivity contribution in [2.24, 2.45) is 0 Å². The van der Waals surface area contributed by atoms with Crippen molar-refractivity contribution < 1.29 is 9.31 Å². The molecule has 20 heavy (non-hydrogen) atoms. The fourth-order valence-corrected chi connectivity index (χ4v) is 1.98. The number of aryl methyl sites for hydroxylation is 1. The van der Waals surface area contributed by atoms with Crippen LogP contribution in [-0.2, 0) is 13.1 Å². The van der Waals surface area contributed by atoms with E-state index in [1.807, 2.05) is 25.1 Å². The van der Waals surface area contributed by atoms with Gasteiger partial charge in [0.2, 0.25) is 5.82 Å². The van der Waals surface area contributed by atoms with Crippen LogP contribution in [0.2, 0.25) is 0 Å². The Labute approximate surface area is 116 Å². The van der Waals surface area contributed by atoms with Crippen LogP contribution in [0.3, 0.4) is 0 Å². The smallest absolute Gasteiger partial charge is 0.304 e. The third-order valence-electron chi connectivity index (χ3n) is 2.95. The van der Waals surface area contributed by atoms with E-state index in [9.17, 15) is 14.5 Å². The predicted octanol–water partition coefficient (Wildman–Crippen LogP) is 3.33. The van der Waals surface area contributed by atoms with Crippen LogP contribution in [0.1, 0.15) is 16.7 Å². The molecule has 5 heteroatoms. The molecule has 4 nitrogen and oxygen atoms in total. The normalized spacial score (nSPS) is 10.5. The summed E-state index contributed by atoms with van der Waals surface area (Å²) in [5, 5.41) is 13.7. The van der Waals surface area contributed by atoms with Gasteiger partial charge in [0.25, 0.3) is 0 Å². The van der Waals surface area contributed by atoms with Crippen molar-refractivity contribution in [2.75, 3.05) is 0 Å². The van der Waals surface area contributed by atoms with Gasteiger partial charge in [0, 0.05) is 19.2 Å². The number of halogens is 1. The fourth-order valence-electron chi connectivity index (χ4n) is 1.98. The molecule has 0 atom stereocenters. The van der Waals surface area contributed by atoms with E-state index < -0.39 is 16.4 Å². The first kappa shape index (κ1) is 14.1. The van der Waals surface area contributed by atoms with Crippen molar-refractivity contribution in [3.8, 4) is 0 Å². The van der Waals surface area contributed by atoms with Crippen molar-refractivity contribution in [1.29, 1.82) is 0 Å². The summed E-state index contributed by atoms with van der Waals surface area (Å²) >= 11 is 0. The second-order valence-corrected chi connectivity index (χ2v) is 4.64. The molecule has 0 bridgehead atoms. The molecule has 0 amide bonds. The van der Waals surface area contributed by atoms with Gasteiger partial charge in [-0.2, -0.15) is 4.39 Å². The van der Waals surface area contributed by atoms with Gasteiger partial charge in [-0.3, -0.25) is 10.1 Å². The van der Waals surface area contributed by atoms with Crippen LogP contribution < -0.4 is 5.32 Å². The Hall–Kier alpha value is -2.27. The summed E-state index contributed by atoms with van der Waals surface area (Å²) in [6.45, 7) is 3.15. The zero-order chi connectivity index (χ0) is 14.5. The molecule has 2 aromatic carbocycles. The fraction of sp³-hybridized carbons (Fsp3) is 0.200. The molecule has 0 saturated carbocycles. The minimum atomic E-state index is -0.801. The monoisotopic (exact) mass is 274 g/mol. The lowest BCUT2D eigenvalue weighted by Crippen LogP contribution is -2.13. The summed E-state index contributed by atoms with van der Waals surface area (Å²) in [6, 6.07) is 12.0. The number of nitrogens with zero attached hydrogens (tertiary/aromatic N) is 1. The second kappa shape index (κ2) is 6.25. The van der Waals surface area contributed by atoms with Crippen LogP contribution in [0.25, 0.3) is 0 Å². The standard InChI is InChI=1S/C15H15FN2O2/c1-11-3-2-4-12(7-11)9-17-10-13-5-6-15(18(19)20)14(16)8-13/h2-8,17H,9-10H2,1H3. The van der Waals surface area contributed by atoms with E-state index in [1.54, 1.807) is 6.07 Å². The number of hydrogen-bond donors (Lipinski definition) is 1. The van der Waals surface area contributed by atoms with E-state index in [0.29, 0.717) is 18.7 Å². The van der Waals surface area contributed by atoms with Crippen LogP contribution in [-0.4, -0.2) is 4.92 Å². The zero-order valence-corrected chi connectivity index (χ0v) is 11.1. The minimum absolute atomic E-state index is 0.461. The molecule has 0 unspecified atom stereocenters. The van der Waals surface area contributed by atoms with E-state index in [0.717, 1.165) is 5.56 Å². The van der Waals surface area contributed by atoms with Gasteiger partial charge in [-0.25, -0.2) is 0 Å². The van der Waals surface area contributed by atoms with Crippen molar-refractivity contribution in [1.82, 2.24) is 5.32 Å². The van der Waals surface area contributed by atoms with Gasteiger partial charge in [0.15, 0.2) is 0 Å². The van der Waals surface area contributed by atoms with Crippen LogP contribution in [0.4, 0.5) is 10.1 Å². The molecule has 2 aromatic rings. The van der Waals surface area contributed by atoms with Crippen molar-refractivity contribution in [3.05, 3.63) is 75.1 Å². The highest BCUT2D eigenvalue weighted by atomic mass is 19.1. The van der Waals surface area contributed by atoms with Gasteiger partial charge in [-0.05, 0) is 24.1 Å². The molecular formula is C15H15FN2O2. The molecule has 104 valence electrons. The van der Waals surface area contributed by atoms with Gasteiger partial charge in [0.1, 0.15) is 0 Å². The molecule has 1 N–H and O–H groups in total. The molecule has 0 aromatic heterocycles. The summed E-state index contributed by atoms with van der Waals surface area (Å²) in [5.74, 6) is -0.801. The minimum Gasteiger partial charge on any atom is -0.309 e. The number of nitrogens with one attached hydrogen (secondary N) is 1. The molecule has 0 aliphatic carbocycles. The Morgan fingerprint density at radius 3 is 2.45 bits per heavy atom. The molecule has 0 radical (unpaired) electrons. The first-order valence-corrected chi connectivity index (χ1v) is 6.25. The van der Waals surface area contributed by atoms with Crippen molar-refractivity contribution in [3.63, 3.8) is 0 Å². The molecule has 0 aliphatic rings. The lowest BCUT2D eigenvalue weighted by molar-refractivity contribution is -0.387. The van der Waals surface area contributed by atoms with Gasteiger partial charge >= 0.3 is 5.69 Å². The second-order valence-electron chi connectivity index (χ2n) is 4.64. The van der Waals surface area contributed by atoms with Crippen molar-refractivity contribution >= 4 is 5.69 Å². The first-order valence-electron chi connectivity index (χ1n) is 6.25. The predicted molar refractivity (Wildman–Crippen MR) is 74.8 cm³/mol. The van der Waals surface area contributed by atoms with E-state index in [1.165, 1.54) is 17.7 Å². The maximum Gasteiger partial charge on any atom is 0.304 e. The highest BCUT2D eigenvalue weighted by molar-refractivity contribution is 5.35. The Kier molecular flexibility index (Phi) is 4.42. The number of rotatable bonds is 5. The van der Waals surface area contributed by atoms with Gasteiger partial charge in [-0.15, -0.1) is 0 Å². The summed E-state index contributed by atoms with van der Waals surface area (Å²) < 4.78 is 13.4. The first-order chi connectivity index (χ1) is 9.56. The molecular weight excluding hydrogens is 259 g/mol. The summed E-state index contributed by atoms with van der Waals surface area (Å²) in [7, 11) is 0. The van der Waals surface area contributed by atoms with Crippen LogP contribution in [0, 0.1) is 22.9 Å². The van der Waals surface area contributed by atoms with E-state index in [-0.39, 0.29) is 0 Å². The largest absolute Gasteiger partial charge is 0.309 e. The van der Waals surface area contributed by atoms with Crippen LogP contribution >= 0.6 is 0 Å². The molecule has 0 saturated heterocycles. The lowest BCUT2D eigenvalue weighted by atomic mass is 10.1. The molecule has 0 heterocycles. The number of nitro benzene ring substituents is 1. The quantitative estimate of drug-likeness (QED) is 0.672. The van der Waals surface area contributed by atoms with E-state index in [2.05, 4.69) is 11.4 Å². The van der Waals surface area contributed by atoms with Gasteiger partial charge in [0.05, 0.1) is 4.92 Å².